The van der Waals surface area contributed by atoms with Crippen molar-refractivity contribution in [3.05, 3.63) is 0 Å². The topological polar surface area (TPSA) is 55.8 Å². The van der Waals surface area contributed by atoms with Gasteiger partial charge < -0.3 is 14.4 Å². The van der Waals surface area contributed by atoms with E-state index in [1.807, 2.05) is 4.90 Å². The highest BCUT2D eigenvalue weighted by Gasteiger charge is 2.64. The largest absolute Gasteiger partial charge is 0.466 e. The third-order valence-corrected chi connectivity index (χ3v) is 10.4. The molecule has 1 heterocycles. The van der Waals surface area contributed by atoms with E-state index in [0.29, 0.717) is 13.2 Å². The van der Waals surface area contributed by atoms with Crippen LogP contribution in [0.3, 0.4) is 0 Å². The maximum Gasteiger partial charge on any atom is 0.307 e. The zero-order chi connectivity index (χ0) is 31.2. The molecule has 2 spiro atoms. The summed E-state index contributed by atoms with van der Waals surface area (Å²) in [5.74, 6) is -0.0276. The highest BCUT2D eigenvalue weighted by atomic mass is 16.6. The standard InChI is InChI=1S/C38H69NO4/c1-6-7-8-9-10-11-15-18-21-24-29-42-33(40)25-28-39-34(41)37(31-35(2,3)30-36(4,5)32-37)43-38(39)26-22-19-16-13-12-14-17-20-23-27-38/h6-32H2,1-5H3. The van der Waals surface area contributed by atoms with Gasteiger partial charge in [-0.05, 0) is 62.2 Å². The predicted octanol–water partition coefficient (Wildman–Crippen LogP) is 10.7. The second kappa shape index (κ2) is 17.6. The van der Waals surface area contributed by atoms with Gasteiger partial charge in [0.25, 0.3) is 5.91 Å². The van der Waals surface area contributed by atoms with Crippen molar-refractivity contribution in [3.8, 4) is 0 Å². The molecule has 3 fully saturated rings. The van der Waals surface area contributed by atoms with Crippen LogP contribution >= 0.6 is 0 Å². The Kier molecular flexibility index (Phi) is 14.8. The van der Waals surface area contributed by atoms with E-state index in [1.165, 1.54) is 96.3 Å². The van der Waals surface area contributed by atoms with Crippen molar-refractivity contribution in [1.29, 1.82) is 0 Å². The zero-order valence-corrected chi connectivity index (χ0v) is 29.2. The zero-order valence-electron chi connectivity index (χ0n) is 29.2. The summed E-state index contributed by atoms with van der Waals surface area (Å²) in [6, 6.07) is 0. The summed E-state index contributed by atoms with van der Waals surface area (Å²) in [7, 11) is 0. The van der Waals surface area contributed by atoms with E-state index >= 15 is 0 Å². The third kappa shape index (κ3) is 11.6. The summed E-state index contributed by atoms with van der Waals surface area (Å²) in [5, 5.41) is 0. The van der Waals surface area contributed by atoms with Gasteiger partial charge >= 0.3 is 5.97 Å². The Balaban J connectivity index is 1.58. The first-order valence-corrected chi connectivity index (χ1v) is 18.7. The Morgan fingerprint density at radius 1 is 0.698 bits per heavy atom. The Labute approximate surface area is 266 Å². The van der Waals surface area contributed by atoms with Crippen molar-refractivity contribution >= 4 is 11.9 Å². The fourth-order valence-corrected chi connectivity index (χ4v) is 9.04. The lowest BCUT2D eigenvalue weighted by Crippen LogP contribution is -2.51. The van der Waals surface area contributed by atoms with Crippen LogP contribution in [-0.2, 0) is 19.1 Å². The van der Waals surface area contributed by atoms with Gasteiger partial charge in [0.2, 0.25) is 0 Å². The van der Waals surface area contributed by atoms with E-state index in [9.17, 15) is 9.59 Å². The Bertz CT molecular complexity index is 806. The number of carbonyl (C=O) groups is 2. The maximum atomic E-state index is 14.5. The van der Waals surface area contributed by atoms with E-state index < -0.39 is 11.3 Å². The SMILES string of the molecule is CCCCCCCCCCCCOC(=O)CCN1C(=O)C2(CC(C)(C)CC(C)(C)C2)OC12CCCCCCCCCCC2. The first-order valence-electron chi connectivity index (χ1n) is 18.7. The molecule has 3 rings (SSSR count). The summed E-state index contributed by atoms with van der Waals surface area (Å²) >= 11 is 0. The molecule has 5 heteroatoms. The van der Waals surface area contributed by atoms with Gasteiger partial charge in [0, 0.05) is 6.54 Å². The third-order valence-electron chi connectivity index (χ3n) is 10.4. The van der Waals surface area contributed by atoms with Gasteiger partial charge in [0.1, 0.15) is 5.72 Å². The molecule has 2 saturated carbocycles. The van der Waals surface area contributed by atoms with Crippen LogP contribution in [-0.4, -0.2) is 41.3 Å². The molecule has 0 aromatic carbocycles. The summed E-state index contributed by atoms with van der Waals surface area (Å²) < 4.78 is 12.9. The quantitative estimate of drug-likeness (QED) is 0.146. The lowest BCUT2D eigenvalue weighted by atomic mass is 9.59. The molecule has 5 nitrogen and oxygen atoms in total. The summed E-state index contributed by atoms with van der Waals surface area (Å²) in [6.07, 6.45) is 28.4. The van der Waals surface area contributed by atoms with Crippen LogP contribution in [0, 0.1) is 10.8 Å². The molecule has 0 bridgehead atoms. The minimum atomic E-state index is -0.776. The molecule has 1 saturated heterocycles. The average Bonchev–Trinajstić information content (AvgIpc) is 3.12. The lowest BCUT2D eigenvalue weighted by Gasteiger charge is -2.49. The predicted molar refractivity (Wildman–Crippen MR) is 178 cm³/mol. The molecule has 0 N–H and O–H groups in total. The molecule has 0 atom stereocenters. The van der Waals surface area contributed by atoms with E-state index in [4.69, 9.17) is 9.47 Å². The fourth-order valence-electron chi connectivity index (χ4n) is 9.04. The van der Waals surface area contributed by atoms with Crippen molar-refractivity contribution in [3.63, 3.8) is 0 Å². The molecule has 3 aliphatic rings. The van der Waals surface area contributed by atoms with E-state index in [1.54, 1.807) is 0 Å². The van der Waals surface area contributed by atoms with Gasteiger partial charge in [-0.2, -0.15) is 0 Å². The van der Waals surface area contributed by atoms with Gasteiger partial charge in [0.15, 0.2) is 5.60 Å². The van der Waals surface area contributed by atoms with Gasteiger partial charge in [-0.15, -0.1) is 0 Å². The Morgan fingerprint density at radius 2 is 1.16 bits per heavy atom. The Hall–Kier alpha value is -1.10. The first kappa shape index (κ1) is 36.4. The number of carbonyl (C=O) groups excluding carboxylic acids is 2. The minimum Gasteiger partial charge on any atom is -0.466 e. The second-order valence-corrected chi connectivity index (χ2v) is 16.2. The maximum absolute atomic E-state index is 14.5. The molecule has 2 aliphatic carbocycles. The number of nitrogens with zero attached hydrogens (tertiary/aromatic N) is 1. The number of hydrogen-bond acceptors (Lipinski definition) is 4. The normalized spacial score (nSPS) is 23.7. The van der Waals surface area contributed by atoms with Gasteiger partial charge in [-0.25, -0.2) is 0 Å². The Morgan fingerprint density at radius 3 is 1.67 bits per heavy atom. The lowest BCUT2D eigenvalue weighted by molar-refractivity contribution is -0.186. The van der Waals surface area contributed by atoms with E-state index in [2.05, 4.69) is 34.6 Å². The van der Waals surface area contributed by atoms with Gasteiger partial charge in [-0.1, -0.05) is 137 Å². The second-order valence-electron chi connectivity index (χ2n) is 16.2. The summed E-state index contributed by atoms with van der Waals surface area (Å²) in [6.45, 7) is 12.4. The number of amides is 1. The summed E-state index contributed by atoms with van der Waals surface area (Å²) in [4.78, 5) is 29.5. The van der Waals surface area contributed by atoms with Gasteiger partial charge in [-0.3, -0.25) is 9.59 Å². The number of hydrogen-bond donors (Lipinski definition) is 0. The smallest absolute Gasteiger partial charge is 0.307 e. The summed E-state index contributed by atoms with van der Waals surface area (Å²) in [5.41, 5.74) is -1.29. The molecule has 250 valence electrons. The molecular formula is C38H69NO4. The molecule has 1 aliphatic heterocycles. The number of ether oxygens (including phenoxy) is 2. The molecule has 1 amide bonds. The minimum absolute atomic E-state index is 0.0357. The number of esters is 1. The molecule has 0 aromatic heterocycles. The van der Waals surface area contributed by atoms with Crippen LogP contribution in [0.4, 0.5) is 0 Å². The van der Waals surface area contributed by atoms with Crippen LogP contribution < -0.4 is 0 Å². The molecule has 0 radical (unpaired) electrons. The van der Waals surface area contributed by atoms with Crippen LogP contribution in [0.2, 0.25) is 0 Å². The van der Waals surface area contributed by atoms with Crippen molar-refractivity contribution in [1.82, 2.24) is 4.90 Å². The highest BCUT2D eigenvalue weighted by molar-refractivity contribution is 5.88. The molecule has 0 aromatic rings. The van der Waals surface area contributed by atoms with Crippen molar-refractivity contribution in [2.24, 2.45) is 10.8 Å². The number of unbranched alkanes of at least 4 members (excludes halogenated alkanes) is 9. The van der Waals surface area contributed by atoms with Crippen LogP contribution in [0.25, 0.3) is 0 Å². The monoisotopic (exact) mass is 604 g/mol. The van der Waals surface area contributed by atoms with Crippen LogP contribution in [0.15, 0.2) is 0 Å². The molecule has 0 unspecified atom stereocenters. The molecular weight excluding hydrogens is 534 g/mol. The number of rotatable bonds is 14. The van der Waals surface area contributed by atoms with Crippen LogP contribution in [0.5, 0.6) is 0 Å². The van der Waals surface area contributed by atoms with Crippen molar-refractivity contribution < 1.29 is 19.1 Å². The average molecular weight is 604 g/mol. The van der Waals surface area contributed by atoms with Crippen molar-refractivity contribution in [2.75, 3.05) is 13.2 Å². The fraction of sp³-hybridized carbons (Fsp3) is 0.947. The van der Waals surface area contributed by atoms with Gasteiger partial charge in [0.05, 0.1) is 13.0 Å². The van der Waals surface area contributed by atoms with Crippen molar-refractivity contribution in [2.45, 2.75) is 206 Å². The van der Waals surface area contributed by atoms with E-state index in [-0.39, 0.29) is 29.1 Å². The first-order chi connectivity index (χ1) is 20.5. The highest BCUT2D eigenvalue weighted by Crippen LogP contribution is 2.57. The molecule has 43 heavy (non-hydrogen) atoms. The van der Waals surface area contributed by atoms with Crippen LogP contribution in [0.1, 0.15) is 195 Å². The van der Waals surface area contributed by atoms with E-state index in [0.717, 1.165) is 57.8 Å².